The van der Waals surface area contributed by atoms with Crippen LogP contribution in [0.3, 0.4) is 0 Å². The standard InChI is InChI=1S/C32H38FN3O2/c1-6-35(32(38)29(34)19-26-21(3)14-20(2)15-22(26)4)30-12-13-36(23(5)37)31-27(30)17-25(18-28(31)33)16-24-10-8-7-9-11-24/h7-11,14-15,17-18,29-30H,6,12-13,16,19,34H2,1-5H3. The number of benzene rings is 3. The number of anilines is 1. The van der Waals surface area contributed by atoms with Crippen molar-refractivity contribution in [2.45, 2.75) is 66.0 Å². The third-order valence-corrected chi connectivity index (χ3v) is 7.62. The van der Waals surface area contributed by atoms with Gasteiger partial charge in [-0.25, -0.2) is 4.39 Å². The second-order valence-corrected chi connectivity index (χ2v) is 10.5. The molecule has 2 unspecified atom stereocenters. The Kier molecular flexibility index (Phi) is 8.32. The van der Waals surface area contributed by atoms with Gasteiger partial charge in [-0.15, -0.1) is 0 Å². The maximum absolute atomic E-state index is 15.6. The number of rotatable bonds is 7. The molecule has 0 aromatic heterocycles. The van der Waals surface area contributed by atoms with Crippen LogP contribution in [0, 0.1) is 26.6 Å². The molecule has 3 aromatic carbocycles. The smallest absolute Gasteiger partial charge is 0.240 e. The SMILES string of the molecule is CCN(C(=O)C(N)Cc1c(C)cc(C)cc1C)C1CCN(C(C)=O)c2c(F)cc(Cc3ccccc3)cc21. The van der Waals surface area contributed by atoms with Crippen molar-refractivity contribution >= 4 is 17.5 Å². The Bertz CT molecular complexity index is 1320. The summed E-state index contributed by atoms with van der Waals surface area (Å²) in [5, 5.41) is 0. The number of carbonyl (C=O) groups excluding carboxylic acids is 2. The predicted molar refractivity (Wildman–Crippen MR) is 151 cm³/mol. The highest BCUT2D eigenvalue weighted by atomic mass is 19.1. The van der Waals surface area contributed by atoms with Crippen molar-refractivity contribution in [1.29, 1.82) is 0 Å². The van der Waals surface area contributed by atoms with Crippen LogP contribution in [0.2, 0.25) is 0 Å². The van der Waals surface area contributed by atoms with Gasteiger partial charge in [0.25, 0.3) is 0 Å². The highest BCUT2D eigenvalue weighted by molar-refractivity contribution is 5.93. The quantitative estimate of drug-likeness (QED) is 0.448. The van der Waals surface area contributed by atoms with Crippen molar-refractivity contribution in [1.82, 2.24) is 4.90 Å². The molecule has 38 heavy (non-hydrogen) atoms. The van der Waals surface area contributed by atoms with Crippen molar-refractivity contribution in [3.8, 4) is 0 Å². The zero-order chi connectivity index (χ0) is 27.6. The maximum Gasteiger partial charge on any atom is 0.240 e. The number of hydrogen-bond donors (Lipinski definition) is 1. The van der Waals surface area contributed by atoms with Gasteiger partial charge >= 0.3 is 0 Å². The number of hydrogen-bond acceptors (Lipinski definition) is 3. The van der Waals surface area contributed by atoms with E-state index in [2.05, 4.69) is 32.9 Å². The fourth-order valence-corrected chi connectivity index (χ4v) is 5.89. The molecule has 0 bridgehead atoms. The lowest BCUT2D eigenvalue weighted by atomic mass is 9.90. The first kappa shape index (κ1) is 27.5. The van der Waals surface area contributed by atoms with E-state index in [4.69, 9.17) is 5.73 Å². The van der Waals surface area contributed by atoms with Gasteiger partial charge < -0.3 is 15.5 Å². The van der Waals surface area contributed by atoms with E-state index >= 15 is 4.39 Å². The fraction of sp³-hybridized carbons (Fsp3) is 0.375. The van der Waals surface area contributed by atoms with Crippen LogP contribution >= 0.6 is 0 Å². The molecule has 0 spiro atoms. The maximum atomic E-state index is 15.6. The number of nitrogens with two attached hydrogens (primary N) is 1. The van der Waals surface area contributed by atoms with Gasteiger partial charge in [-0.3, -0.25) is 9.59 Å². The van der Waals surface area contributed by atoms with Gasteiger partial charge in [-0.2, -0.15) is 0 Å². The molecule has 2 N–H and O–H groups in total. The number of halogens is 1. The first-order valence-corrected chi connectivity index (χ1v) is 13.4. The molecule has 0 saturated heterocycles. The van der Waals surface area contributed by atoms with Crippen molar-refractivity contribution < 1.29 is 14.0 Å². The normalized spacial score (nSPS) is 15.7. The number of likely N-dealkylation sites (N-methyl/N-ethyl adjacent to an activating group) is 1. The zero-order valence-electron chi connectivity index (χ0n) is 23.1. The summed E-state index contributed by atoms with van der Waals surface area (Å²) in [6.45, 7) is 10.3. The predicted octanol–water partition coefficient (Wildman–Crippen LogP) is 5.56. The first-order valence-electron chi connectivity index (χ1n) is 13.4. The molecule has 1 aliphatic rings. The van der Waals surface area contributed by atoms with Crippen LogP contribution in [0.4, 0.5) is 10.1 Å². The van der Waals surface area contributed by atoms with Crippen LogP contribution in [0.15, 0.2) is 54.6 Å². The van der Waals surface area contributed by atoms with E-state index in [0.717, 1.165) is 27.8 Å². The van der Waals surface area contributed by atoms with Crippen LogP contribution < -0.4 is 10.6 Å². The second kappa shape index (κ2) is 11.5. The highest BCUT2D eigenvalue weighted by Gasteiger charge is 2.36. The molecule has 6 heteroatoms. The van der Waals surface area contributed by atoms with Gasteiger partial charge in [0, 0.05) is 25.6 Å². The third kappa shape index (κ3) is 5.65. The molecule has 2 atom stereocenters. The summed E-state index contributed by atoms with van der Waals surface area (Å²) in [7, 11) is 0. The van der Waals surface area contributed by atoms with Crippen molar-refractivity contribution in [2.24, 2.45) is 5.73 Å². The molecule has 2 amide bonds. The number of amides is 2. The molecule has 0 saturated carbocycles. The number of aryl methyl sites for hydroxylation is 3. The second-order valence-electron chi connectivity index (χ2n) is 10.5. The topological polar surface area (TPSA) is 66.6 Å². The molecular weight excluding hydrogens is 477 g/mol. The van der Waals surface area contributed by atoms with Gasteiger partial charge in [0.05, 0.1) is 17.8 Å². The van der Waals surface area contributed by atoms with Crippen molar-refractivity contribution in [3.05, 3.63) is 99.4 Å². The van der Waals surface area contributed by atoms with E-state index in [1.54, 1.807) is 4.90 Å². The van der Waals surface area contributed by atoms with Crippen LogP contribution in [0.25, 0.3) is 0 Å². The summed E-state index contributed by atoms with van der Waals surface area (Å²) in [5.74, 6) is -0.809. The fourth-order valence-electron chi connectivity index (χ4n) is 5.89. The van der Waals surface area contributed by atoms with Crippen LogP contribution in [-0.4, -0.2) is 35.8 Å². The molecule has 4 rings (SSSR count). The average molecular weight is 516 g/mol. The lowest BCUT2D eigenvalue weighted by Crippen LogP contribution is -2.49. The third-order valence-electron chi connectivity index (χ3n) is 7.62. The molecule has 0 aliphatic carbocycles. The van der Waals surface area contributed by atoms with Crippen LogP contribution in [0.1, 0.15) is 65.3 Å². The number of carbonyl (C=O) groups is 2. The molecule has 1 aliphatic heterocycles. The molecule has 200 valence electrons. The van der Waals surface area contributed by atoms with E-state index in [-0.39, 0.29) is 23.5 Å². The number of fused-ring (bicyclic) bond motifs is 1. The van der Waals surface area contributed by atoms with Crippen molar-refractivity contribution in [2.75, 3.05) is 18.0 Å². The number of nitrogens with zero attached hydrogens (tertiary/aromatic N) is 2. The summed E-state index contributed by atoms with van der Waals surface area (Å²) in [6, 6.07) is 16.5. The Morgan fingerprint density at radius 2 is 1.71 bits per heavy atom. The monoisotopic (exact) mass is 515 g/mol. The molecule has 0 radical (unpaired) electrons. The van der Waals surface area contributed by atoms with E-state index in [9.17, 15) is 9.59 Å². The van der Waals surface area contributed by atoms with E-state index in [1.807, 2.05) is 43.3 Å². The molecule has 5 nitrogen and oxygen atoms in total. The summed E-state index contributed by atoms with van der Waals surface area (Å²) in [5.41, 5.74) is 13.9. The highest BCUT2D eigenvalue weighted by Crippen LogP contribution is 2.40. The summed E-state index contributed by atoms with van der Waals surface area (Å²) >= 11 is 0. The largest absolute Gasteiger partial charge is 0.334 e. The Hall–Kier alpha value is -3.51. The minimum absolute atomic E-state index is 0.159. The Morgan fingerprint density at radius 1 is 1.05 bits per heavy atom. The summed E-state index contributed by atoms with van der Waals surface area (Å²) in [4.78, 5) is 29.5. The molecule has 3 aromatic rings. The van der Waals surface area contributed by atoms with Gasteiger partial charge in [0.15, 0.2) is 0 Å². The molecule has 1 heterocycles. The van der Waals surface area contributed by atoms with E-state index < -0.39 is 11.9 Å². The van der Waals surface area contributed by atoms with Gasteiger partial charge in [0.2, 0.25) is 11.8 Å². The molecular formula is C32H38FN3O2. The molecule has 0 fully saturated rings. The van der Waals surface area contributed by atoms with Gasteiger partial charge in [0.1, 0.15) is 5.82 Å². The minimum Gasteiger partial charge on any atom is -0.334 e. The lowest BCUT2D eigenvalue weighted by Gasteiger charge is -2.40. The van der Waals surface area contributed by atoms with E-state index in [1.165, 1.54) is 23.5 Å². The van der Waals surface area contributed by atoms with Crippen LogP contribution in [-0.2, 0) is 22.4 Å². The van der Waals surface area contributed by atoms with Gasteiger partial charge in [-0.05, 0) is 80.8 Å². The average Bonchev–Trinajstić information content (AvgIpc) is 2.87. The Labute approximate surface area is 225 Å². The first-order chi connectivity index (χ1) is 18.1. The van der Waals surface area contributed by atoms with E-state index in [0.29, 0.717) is 37.9 Å². The van der Waals surface area contributed by atoms with Crippen molar-refractivity contribution in [3.63, 3.8) is 0 Å². The minimum atomic E-state index is -0.721. The Balaban J connectivity index is 1.69. The van der Waals surface area contributed by atoms with Crippen LogP contribution in [0.5, 0.6) is 0 Å². The zero-order valence-corrected chi connectivity index (χ0v) is 23.1. The van der Waals surface area contributed by atoms with Gasteiger partial charge in [-0.1, -0.05) is 54.1 Å². The Morgan fingerprint density at radius 3 is 2.32 bits per heavy atom. The summed E-state index contributed by atoms with van der Waals surface area (Å²) < 4.78 is 15.6. The summed E-state index contributed by atoms with van der Waals surface area (Å²) in [6.07, 6.45) is 1.52. The lowest BCUT2D eigenvalue weighted by molar-refractivity contribution is -0.135.